The summed E-state index contributed by atoms with van der Waals surface area (Å²) < 4.78 is 30.5. The summed E-state index contributed by atoms with van der Waals surface area (Å²) in [6.07, 6.45) is 32.0. The minimum absolute atomic E-state index is 0.000273. The van der Waals surface area contributed by atoms with Crippen LogP contribution in [0.25, 0.3) is 0 Å². The molecule has 3 atom stereocenters. The Morgan fingerprint density at radius 2 is 0.912 bits per heavy atom. The minimum atomic E-state index is -4.54. The number of nitrogens with zero attached hydrogens (tertiary/aromatic N) is 1. The van der Waals surface area contributed by atoms with E-state index in [1.165, 1.54) is 122 Å². The molecule has 57 heavy (non-hydrogen) atoms. The molecule has 0 rings (SSSR count). The topological polar surface area (TPSA) is 142 Å². The normalized spacial score (nSPS) is 14.1. The SMILES string of the molecule is CCCCCCCCCCCCCCCC(=O)OC[C@H](COP(=O)([O-])C(CCCCC)[N+](C)(C)CCC(O)O)OC(=O)CCCCCCCCCCCCCCC. The third-order valence-electron chi connectivity index (χ3n) is 11.3. The lowest BCUT2D eigenvalue weighted by atomic mass is 10.0. The van der Waals surface area contributed by atoms with E-state index in [1.54, 1.807) is 14.1 Å². The monoisotopic (exact) mass is 834 g/mol. The van der Waals surface area contributed by atoms with Crippen LogP contribution in [0.2, 0.25) is 0 Å². The van der Waals surface area contributed by atoms with Gasteiger partial charge in [-0.2, -0.15) is 0 Å². The van der Waals surface area contributed by atoms with Gasteiger partial charge in [0.1, 0.15) is 6.61 Å². The summed E-state index contributed by atoms with van der Waals surface area (Å²) in [7, 11) is -1.04. The van der Waals surface area contributed by atoms with E-state index in [4.69, 9.17) is 14.0 Å². The van der Waals surface area contributed by atoms with Crippen molar-refractivity contribution in [2.24, 2.45) is 0 Å². The fraction of sp³-hybridized carbons (Fsp3) is 0.957. The predicted octanol–water partition coefficient (Wildman–Crippen LogP) is 11.7. The first kappa shape index (κ1) is 56.0. The quantitative estimate of drug-likeness (QED) is 0.0202. The van der Waals surface area contributed by atoms with Crippen molar-refractivity contribution in [3.05, 3.63) is 0 Å². The van der Waals surface area contributed by atoms with Crippen LogP contribution in [-0.2, 0) is 28.2 Å². The molecule has 11 heteroatoms. The Morgan fingerprint density at radius 3 is 1.32 bits per heavy atom. The predicted molar refractivity (Wildman–Crippen MR) is 233 cm³/mol. The number of hydrogen-bond donors (Lipinski definition) is 2. The molecule has 0 aliphatic carbocycles. The van der Waals surface area contributed by atoms with Crippen LogP contribution >= 0.6 is 7.60 Å². The fourth-order valence-corrected chi connectivity index (χ4v) is 9.46. The zero-order chi connectivity index (χ0) is 42.5. The fourth-order valence-electron chi connectivity index (χ4n) is 7.53. The second kappa shape index (κ2) is 37.9. The van der Waals surface area contributed by atoms with Gasteiger partial charge in [-0.15, -0.1) is 0 Å². The van der Waals surface area contributed by atoms with Crippen molar-refractivity contribution < 1.29 is 47.7 Å². The van der Waals surface area contributed by atoms with Gasteiger partial charge in [-0.05, 0) is 19.3 Å². The molecule has 0 aromatic carbocycles. The number of carbonyl (C=O) groups excluding carboxylic acids is 2. The van der Waals surface area contributed by atoms with E-state index in [9.17, 15) is 29.3 Å². The largest absolute Gasteiger partial charge is 0.774 e. The van der Waals surface area contributed by atoms with Gasteiger partial charge in [-0.25, -0.2) is 0 Å². The van der Waals surface area contributed by atoms with Crippen molar-refractivity contribution in [3.63, 3.8) is 0 Å². The molecule has 2 unspecified atom stereocenters. The molecule has 0 fully saturated rings. The lowest BCUT2D eigenvalue weighted by Crippen LogP contribution is -2.52. The van der Waals surface area contributed by atoms with Crippen molar-refractivity contribution >= 4 is 19.5 Å². The highest BCUT2D eigenvalue weighted by Crippen LogP contribution is 2.49. The average Bonchev–Trinajstić information content (AvgIpc) is 3.17. The zero-order valence-corrected chi connectivity index (χ0v) is 38.7. The molecular formula is C46H92NO9P. The van der Waals surface area contributed by atoms with Crippen molar-refractivity contribution in [1.82, 2.24) is 0 Å². The van der Waals surface area contributed by atoms with Crippen molar-refractivity contribution in [2.45, 2.75) is 251 Å². The number of quaternary nitrogens is 1. The first-order valence-electron chi connectivity index (χ1n) is 23.9. The van der Waals surface area contributed by atoms with Gasteiger partial charge in [0.2, 0.25) is 0 Å². The number of hydrogen-bond acceptors (Lipinski definition) is 9. The molecule has 0 saturated heterocycles. The van der Waals surface area contributed by atoms with Crippen molar-refractivity contribution in [1.29, 1.82) is 0 Å². The molecule has 0 aliphatic heterocycles. The lowest BCUT2D eigenvalue weighted by molar-refractivity contribution is -0.905. The third kappa shape index (κ3) is 34.4. The third-order valence-corrected chi connectivity index (χ3v) is 13.5. The zero-order valence-electron chi connectivity index (χ0n) is 37.8. The molecule has 10 nitrogen and oxygen atoms in total. The molecular weight excluding hydrogens is 741 g/mol. The standard InChI is InChI=1S/C46H92NO9P/c1-6-9-12-14-16-18-20-22-24-26-28-30-33-36-45(50)54-40-42(56-46(51)37-34-31-29-27-25-23-21-19-17-15-13-10-7-2)41-55-57(52,53)43(35-32-11-8-3)47(4,5)39-38-44(48)49/h42-44,48-49H,6-41H2,1-5H3/t42-,43?/m1/s1. The van der Waals surface area contributed by atoms with E-state index in [0.29, 0.717) is 19.3 Å². The van der Waals surface area contributed by atoms with E-state index in [-0.39, 0.29) is 36.9 Å². The Bertz CT molecular complexity index is 980. The van der Waals surface area contributed by atoms with E-state index in [0.717, 1.165) is 51.4 Å². The van der Waals surface area contributed by atoms with Crippen LogP contribution < -0.4 is 4.89 Å². The summed E-state index contributed by atoms with van der Waals surface area (Å²) in [4.78, 5) is 39.3. The molecule has 0 aromatic heterocycles. The summed E-state index contributed by atoms with van der Waals surface area (Å²) >= 11 is 0. The molecule has 2 N–H and O–H groups in total. The number of ether oxygens (including phenoxy) is 2. The van der Waals surface area contributed by atoms with Gasteiger partial charge in [0.25, 0.3) is 0 Å². The number of aliphatic hydroxyl groups is 2. The average molecular weight is 834 g/mol. The van der Waals surface area contributed by atoms with Crippen LogP contribution in [0.5, 0.6) is 0 Å². The van der Waals surface area contributed by atoms with Gasteiger partial charge >= 0.3 is 11.9 Å². The molecule has 0 amide bonds. The molecule has 0 spiro atoms. The summed E-state index contributed by atoms with van der Waals surface area (Å²) in [6.45, 7) is 6.05. The van der Waals surface area contributed by atoms with Crippen molar-refractivity contribution in [3.8, 4) is 0 Å². The van der Waals surface area contributed by atoms with Gasteiger partial charge in [-0.3, -0.25) is 9.59 Å². The van der Waals surface area contributed by atoms with E-state index < -0.39 is 44.3 Å². The second-order valence-corrected chi connectivity index (χ2v) is 19.3. The summed E-state index contributed by atoms with van der Waals surface area (Å²) in [5, 5.41) is 19.0. The van der Waals surface area contributed by atoms with Crippen LogP contribution in [0.4, 0.5) is 0 Å². The van der Waals surface area contributed by atoms with Crippen LogP contribution in [-0.4, -0.2) is 78.7 Å². The molecule has 0 saturated carbocycles. The Morgan fingerprint density at radius 1 is 0.544 bits per heavy atom. The van der Waals surface area contributed by atoms with Gasteiger partial charge in [-0.1, -0.05) is 188 Å². The van der Waals surface area contributed by atoms with Gasteiger partial charge in [0.15, 0.2) is 25.8 Å². The molecule has 340 valence electrons. The second-order valence-electron chi connectivity index (χ2n) is 17.4. The van der Waals surface area contributed by atoms with E-state index in [1.807, 2.05) is 6.92 Å². The smallest absolute Gasteiger partial charge is 0.306 e. The van der Waals surface area contributed by atoms with Gasteiger partial charge in [0, 0.05) is 25.7 Å². The molecule has 0 aliphatic rings. The first-order valence-corrected chi connectivity index (χ1v) is 25.5. The number of rotatable bonds is 43. The number of esters is 2. The summed E-state index contributed by atoms with van der Waals surface area (Å²) in [5.41, 5.74) is 0. The van der Waals surface area contributed by atoms with E-state index >= 15 is 0 Å². The summed E-state index contributed by atoms with van der Waals surface area (Å²) in [5.74, 6) is -1.77. The minimum Gasteiger partial charge on any atom is -0.774 e. The Balaban J connectivity index is 4.97. The Hall–Kier alpha value is -1.03. The Kier molecular flexibility index (Phi) is 37.2. The van der Waals surface area contributed by atoms with Crippen LogP contribution in [0.1, 0.15) is 233 Å². The molecule has 0 bridgehead atoms. The highest BCUT2D eigenvalue weighted by Gasteiger charge is 2.38. The number of unbranched alkanes of at least 4 members (excludes halogenated alkanes) is 26. The van der Waals surface area contributed by atoms with Gasteiger partial charge in [0.05, 0.1) is 27.2 Å². The van der Waals surface area contributed by atoms with Crippen LogP contribution in [0.15, 0.2) is 0 Å². The van der Waals surface area contributed by atoms with E-state index in [2.05, 4.69) is 13.8 Å². The van der Waals surface area contributed by atoms with Gasteiger partial charge < -0.3 is 38.2 Å². The maximum absolute atomic E-state index is 13.7. The highest BCUT2D eigenvalue weighted by molar-refractivity contribution is 7.51. The maximum atomic E-state index is 13.7. The molecule has 0 radical (unpaired) electrons. The first-order chi connectivity index (χ1) is 27.4. The lowest BCUT2D eigenvalue weighted by Gasteiger charge is -2.44. The summed E-state index contributed by atoms with van der Waals surface area (Å²) in [6, 6.07) is 0. The Labute approximate surface area is 351 Å². The molecule has 0 heterocycles. The maximum Gasteiger partial charge on any atom is 0.306 e. The van der Waals surface area contributed by atoms with Crippen molar-refractivity contribution in [2.75, 3.05) is 33.9 Å². The number of aliphatic hydroxyl groups excluding tert-OH is 1. The highest BCUT2D eigenvalue weighted by atomic mass is 31.2. The van der Waals surface area contributed by atoms with Crippen LogP contribution in [0, 0.1) is 0 Å². The van der Waals surface area contributed by atoms with Crippen LogP contribution in [0.3, 0.4) is 0 Å². The molecule has 0 aromatic rings. The number of carbonyl (C=O) groups is 2.